The van der Waals surface area contributed by atoms with Crippen LogP contribution in [0.4, 0.5) is 0 Å². The third-order valence-corrected chi connectivity index (χ3v) is 3.74. The van der Waals surface area contributed by atoms with Gasteiger partial charge in [0.2, 0.25) is 0 Å². The van der Waals surface area contributed by atoms with Crippen molar-refractivity contribution < 1.29 is 9.59 Å². The SMILES string of the molecule is CCCCN(C)C(=O)c1cccc(C(=O)N(C)CCCC)c1. The number of benzene rings is 1. The number of hydrogen-bond donors (Lipinski definition) is 0. The molecule has 0 N–H and O–H groups in total. The minimum Gasteiger partial charge on any atom is -0.342 e. The van der Waals surface area contributed by atoms with E-state index in [1.807, 2.05) is 0 Å². The maximum absolute atomic E-state index is 12.4. The van der Waals surface area contributed by atoms with Gasteiger partial charge in [-0.15, -0.1) is 0 Å². The van der Waals surface area contributed by atoms with Gasteiger partial charge in [-0.25, -0.2) is 0 Å². The zero-order chi connectivity index (χ0) is 16.5. The lowest BCUT2D eigenvalue weighted by molar-refractivity contribution is 0.0792. The second-order valence-electron chi connectivity index (χ2n) is 5.74. The first kappa shape index (κ1) is 18.2. The molecule has 0 saturated carbocycles. The molecule has 1 rings (SSSR count). The zero-order valence-corrected chi connectivity index (χ0v) is 14.3. The molecule has 1 aromatic carbocycles. The molecule has 22 heavy (non-hydrogen) atoms. The largest absolute Gasteiger partial charge is 0.342 e. The summed E-state index contributed by atoms with van der Waals surface area (Å²) in [5, 5.41) is 0. The van der Waals surface area contributed by atoms with Crippen molar-refractivity contribution in [3.05, 3.63) is 35.4 Å². The molecule has 0 radical (unpaired) electrons. The van der Waals surface area contributed by atoms with Gasteiger partial charge in [0.25, 0.3) is 11.8 Å². The van der Waals surface area contributed by atoms with Crippen molar-refractivity contribution in [1.82, 2.24) is 9.80 Å². The van der Waals surface area contributed by atoms with Gasteiger partial charge in [0, 0.05) is 38.3 Å². The molecule has 2 amide bonds. The van der Waals surface area contributed by atoms with Crippen LogP contribution < -0.4 is 0 Å². The third-order valence-electron chi connectivity index (χ3n) is 3.74. The van der Waals surface area contributed by atoms with Crippen molar-refractivity contribution in [3.8, 4) is 0 Å². The van der Waals surface area contributed by atoms with Gasteiger partial charge in [0.05, 0.1) is 0 Å². The molecule has 1 aromatic rings. The van der Waals surface area contributed by atoms with Crippen LogP contribution in [-0.2, 0) is 0 Å². The summed E-state index contributed by atoms with van der Waals surface area (Å²) >= 11 is 0. The molecule has 0 saturated heterocycles. The second kappa shape index (κ2) is 9.23. The Morgan fingerprint density at radius 2 is 1.27 bits per heavy atom. The zero-order valence-electron chi connectivity index (χ0n) is 14.3. The topological polar surface area (TPSA) is 40.6 Å². The van der Waals surface area contributed by atoms with Crippen LogP contribution in [0.2, 0.25) is 0 Å². The van der Waals surface area contributed by atoms with Gasteiger partial charge in [-0.05, 0) is 31.0 Å². The van der Waals surface area contributed by atoms with Crippen LogP contribution in [0.3, 0.4) is 0 Å². The summed E-state index contributed by atoms with van der Waals surface area (Å²) in [6.07, 6.45) is 4.08. The van der Waals surface area contributed by atoms with Gasteiger partial charge in [0.1, 0.15) is 0 Å². The van der Waals surface area contributed by atoms with E-state index >= 15 is 0 Å². The van der Waals surface area contributed by atoms with Crippen molar-refractivity contribution in [1.29, 1.82) is 0 Å². The fourth-order valence-corrected chi connectivity index (χ4v) is 2.22. The summed E-state index contributed by atoms with van der Waals surface area (Å²) < 4.78 is 0. The van der Waals surface area contributed by atoms with E-state index in [1.165, 1.54) is 0 Å². The molecule has 0 bridgehead atoms. The Morgan fingerprint density at radius 3 is 1.64 bits per heavy atom. The van der Waals surface area contributed by atoms with E-state index in [-0.39, 0.29) is 11.8 Å². The molecular weight excluding hydrogens is 276 g/mol. The number of nitrogens with zero attached hydrogens (tertiary/aromatic N) is 2. The van der Waals surface area contributed by atoms with Crippen LogP contribution in [-0.4, -0.2) is 48.8 Å². The molecule has 0 fully saturated rings. The average molecular weight is 304 g/mol. The highest BCUT2D eigenvalue weighted by atomic mass is 16.2. The Balaban J connectivity index is 2.80. The molecule has 0 atom stereocenters. The molecule has 4 heteroatoms. The number of hydrogen-bond acceptors (Lipinski definition) is 2. The lowest BCUT2D eigenvalue weighted by Gasteiger charge is -2.19. The lowest BCUT2D eigenvalue weighted by Crippen LogP contribution is -2.29. The minimum atomic E-state index is -0.0284. The molecule has 0 aliphatic rings. The third kappa shape index (κ3) is 5.17. The van der Waals surface area contributed by atoms with Crippen LogP contribution in [0, 0.1) is 0 Å². The van der Waals surface area contributed by atoms with E-state index in [1.54, 1.807) is 48.2 Å². The first-order valence-electron chi connectivity index (χ1n) is 8.12. The maximum atomic E-state index is 12.4. The van der Waals surface area contributed by atoms with E-state index in [0.29, 0.717) is 11.1 Å². The monoisotopic (exact) mass is 304 g/mol. The van der Waals surface area contributed by atoms with Crippen LogP contribution in [0.5, 0.6) is 0 Å². The highest BCUT2D eigenvalue weighted by Gasteiger charge is 2.15. The predicted molar refractivity (Wildman–Crippen MR) is 90.2 cm³/mol. The summed E-state index contributed by atoms with van der Waals surface area (Å²) in [4.78, 5) is 28.2. The normalized spacial score (nSPS) is 10.4. The predicted octanol–water partition coefficient (Wildman–Crippen LogP) is 3.43. The Hall–Kier alpha value is -1.84. The van der Waals surface area contributed by atoms with Crippen molar-refractivity contribution in [3.63, 3.8) is 0 Å². The van der Waals surface area contributed by atoms with E-state index in [9.17, 15) is 9.59 Å². The summed E-state index contributed by atoms with van der Waals surface area (Å²) in [5.41, 5.74) is 1.15. The van der Waals surface area contributed by atoms with E-state index in [0.717, 1.165) is 38.8 Å². The van der Waals surface area contributed by atoms with Crippen LogP contribution in [0.15, 0.2) is 24.3 Å². The summed E-state index contributed by atoms with van der Waals surface area (Å²) in [6.45, 7) is 5.68. The molecular formula is C18H28N2O2. The van der Waals surface area contributed by atoms with Crippen molar-refractivity contribution in [2.24, 2.45) is 0 Å². The van der Waals surface area contributed by atoms with E-state index < -0.39 is 0 Å². The highest BCUT2D eigenvalue weighted by Crippen LogP contribution is 2.11. The van der Waals surface area contributed by atoms with E-state index in [4.69, 9.17) is 0 Å². The number of carbonyl (C=O) groups is 2. The minimum absolute atomic E-state index is 0.0284. The molecule has 0 aromatic heterocycles. The maximum Gasteiger partial charge on any atom is 0.253 e. The summed E-state index contributed by atoms with van der Waals surface area (Å²) in [5.74, 6) is -0.0568. The molecule has 0 heterocycles. The van der Waals surface area contributed by atoms with Gasteiger partial charge >= 0.3 is 0 Å². The number of carbonyl (C=O) groups excluding carboxylic acids is 2. The first-order chi connectivity index (χ1) is 10.5. The van der Waals surface area contributed by atoms with Gasteiger partial charge in [-0.3, -0.25) is 9.59 Å². The fourth-order valence-electron chi connectivity index (χ4n) is 2.22. The van der Waals surface area contributed by atoms with Gasteiger partial charge in [-0.1, -0.05) is 32.8 Å². The average Bonchev–Trinajstić information content (AvgIpc) is 2.56. The lowest BCUT2D eigenvalue weighted by atomic mass is 10.1. The van der Waals surface area contributed by atoms with Crippen molar-refractivity contribution in [2.45, 2.75) is 39.5 Å². The Kier molecular flexibility index (Phi) is 7.64. The van der Waals surface area contributed by atoms with Gasteiger partial charge in [0.15, 0.2) is 0 Å². The summed E-state index contributed by atoms with van der Waals surface area (Å²) in [6, 6.07) is 7.03. The Bertz CT molecular complexity index is 458. The highest BCUT2D eigenvalue weighted by molar-refractivity contribution is 5.99. The van der Waals surface area contributed by atoms with Gasteiger partial charge in [-0.2, -0.15) is 0 Å². The molecule has 0 aliphatic heterocycles. The first-order valence-corrected chi connectivity index (χ1v) is 8.12. The van der Waals surface area contributed by atoms with Crippen LogP contribution >= 0.6 is 0 Å². The number of amides is 2. The number of unbranched alkanes of at least 4 members (excludes halogenated alkanes) is 2. The Labute approximate surface area is 134 Å². The fraction of sp³-hybridized carbons (Fsp3) is 0.556. The molecule has 4 nitrogen and oxygen atoms in total. The standard InChI is InChI=1S/C18H28N2O2/c1-5-7-12-19(3)17(21)15-10-9-11-16(14-15)18(22)20(4)13-8-6-2/h9-11,14H,5-8,12-13H2,1-4H3. The molecule has 0 aliphatic carbocycles. The second-order valence-corrected chi connectivity index (χ2v) is 5.74. The van der Waals surface area contributed by atoms with Crippen molar-refractivity contribution >= 4 is 11.8 Å². The Morgan fingerprint density at radius 1 is 0.864 bits per heavy atom. The smallest absolute Gasteiger partial charge is 0.253 e. The van der Waals surface area contributed by atoms with Gasteiger partial charge < -0.3 is 9.80 Å². The summed E-state index contributed by atoms with van der Waals surface area (Å²) in [7, 11) is 3.61. The molecule has 122 valence electrons. The quantitative estimate of drug-likeness (QED) is 0.738. The van der Waals surface area contributed by atoms with E-state index in [2.05, 4.69) is 13.8 Å². The van der Waals surface area contributed by atoms with Crippen molar-refractivity contribution in [2.75, 3.05) is 27.2 Å². The molecule has 0 spiro atoms. The van der Waals surface area contributed by atoms with Crippen LogP contribution in [0.1, 0.15) is 60.2 Å². The number of rotatable bonds is 8. The molecule has 0 unspecified atom stereocenters. The van der Waals surface area contributed by atoms with Crippen LogP contribution in [0.25, 0.3) is 0 Å².